The van der Waals surface area contributed by atoms with Gasteiger partial charge in [-0.1, -0.05) is 26.7 Å². The lowest BCUT2D eigenvalue weighted by Crippen LogP contribution is -2.39. The zero-order valence-electron chi connectivity index (χ0n) is 8.73. The summed E-state index contributed by atoms with van der Waals surface area (Å²) in [5.74, 6) is 1.20. The van der Waals surface area contributed by atoms with Crippen molar-refractivity contribution in [2.24, 2.45) is 5.73 Å². The van der Waals surface area contributed by atoms with Crippen molar-refractivity contribution in [2.45, 2.75) is 51.5 Å². The number of hydrogen-bond donors (Lipinski definition) is 1. The second-order valence-corrected chi connectivity index (χ2v) is 4.55. The number of thioether (sulfide) groups is 1. The van der Waals surface area contributed by atoms with Gasteiger partial charge in [0.1, 0.15) is 0 Å². The first-order valence-corrected chi connectivity index (χ1v) is 6.35. The van der Waals surface area contributed by atoms with E-state index in [2.05, 4.69) is 20.1 Å². The van der Waals surface area contributed by atoms with Crippen molar-refractivity contribution in [3.63, 3.8) is 0 Å². The Kier molecular flexibility index (Phi) is 6.96. The summed E-state index contributed by atoms with van der Waals surface area (Å²) in [5, 5.41) is 0. The molecule has 0 amide bonds. The van der Waals surface area contributed by atoms with Gasteiger partial charge in [-0.2, -0.15) is 11.8 Å². The van der Waals surface area contributed by atoms with Crippen molar-refractivity contribution in [3.05, 3.63) is 0 Å². The van der Waals surface area contributed by atoms with Crippen LogP contribution in [0.5, 0.6) is 0 Å². The molecule has 0 aliphatic heterocycles. The lowest BCUT2D eigenvalue weighted by Gasteiger charge is -2.27. The van der Waals surface area contributed by atoms with Gasteiger partial charge in [-0.25, -0.2) is 0 Å². The largest absolute Gasteiger partial charge is 0.325 e. The molecule has 0 saturated carbocycles. The summed E-state index contributed by atoms with van der Waals surface area (Å²) in [4.78, 5) is 0. The molecule has 1 atom stereocenters. The quantitative estimate of drug-likeness (QED) is 0.666. The van der Waals surface area contributed by atoms with E-state index < -0.39 is 0 Å². The van der Waals surface area contributed by atoms with Gasteiger partial charge < -0.3 is 5.73 Å². The lowest BCUT2D eigenvalue weighted by atomic mass is 9.88. The van der Waals surface area contributed by atoms with Crippen LogP contribution in [-0.2, 0) is 0 Å². The number of unbranched alkanes of at least 4 members (excludes halogenated alkanes) is 1. The molecule has 2 heteroatoms. The maximum atomic E-state index is 6.26. The van der Waals surface area contributed by atoms with Crippen molar-refractivity contribution in [1.29, 1.82) is 0 Å². The Morgan fingerprint density at radius 3 is 2.33 bits per heavy atom. The highest BCUT2D eigenvalue weighted by molar-refractivity contribution is 7.98. The van der Waals surface area contributed by atoms with Crippen LogP contribution in [0.3, 0.4) is 0 Å². The Morgan fingerprint density at radius 1 is 1.25 bits per heavy atom. The maximum Gasteiger partial charge on any atom is 0.0159 e. The van der Waals surface area contributed by atoms with Crippen LogP contribution in [0.15, 0.2) is 0 Å². The molecule has 74 valence electrons. The van der Waals surface area contributed by atoms with Gasteiger partial charge >= 0.3 is 0 Å². The summed E-state index contributed by atoms with van der Waals surface area (Å²) < 4.78 is 0. The molecule has 0 aromatic carbocycles. The molecule has 1 unspecified atom stereocenters. The Labute approximate surface area is 81.5 Å². The molecule has 0 spiro atoms. The van der Waals surface area contributed by atoms with Crippen molar-refractivity contribution in [3.8, 4) is 0 Å². The lowest BCUT2D eigenvalue weighted by molar-refractivity contribution is 0.358. The van der Waals surface area contributed by atoms with E-state index in [1.54, 1.807) is 0 Å². The minimum atomic E-state index is 0.124. The van der Waals surface area contributed by atoms with Crippen molar-refractivity contribution in [1.82, 2.24) is 0 Å². The molecule has 0 aliphatic carbocycles. The molecule has 0 fully saturated rings. The second kappa shape index (κ2) is 6.79. The standard InChI is InChI=1S/C10H23NS/c1-4-6-7-10(11,5-2)8-9-12-3/h4-9,11H2,1-3H3. The van der Waals surface area contributed by atoms with Crippen molar-refractivity contribution < 1.29 is 0 Å². The molecule has 0 aliphatic rings. The fourth-order valence-electron chi connectivity index (χ4n) is 1.31. The number of rotatable bonds is 7. The second-order valence-electron chi connectivity index (χ2n) is 3.56. The monoisotopic (exact) mass is 189 g/mol. The molecule has 2 N–H and O–H groups in total. The van der Waals surface area contributed by atoms with Crippen molar-refractivity contribution in [2.75, 3.05) is 12.0 Å². The molecule has 0 rings (SSSR count). The van der Waals surface area contributed by atoms with Gasteiger partial charge in [0.2, 0.25) is 0 Å². The van der Waals surface area contributed by atoms with E-state index in [0.717, 1.165) is 6.42 Å². The highest BCUT2D eigenvalue weighted by Gasteiger charge is 2.20. The molecule has 1 nitrogen and oxygen atoms in total. The smallest absolute Gasteiger partial charge is 0.0159 e. The van der Waals surface area contributed by atoms with Gasteiger partial charge in [0.25, 0.3) is 0 Å². The summed E-state index contributed by atoms with van der Waals surface area (Å²) >= 11 is 1.90. The van der Waals surface area contributed by atoms with E-state index in [1.807, 2.05) is 11.8 Å². The Hall–Kier alpha value is 0.310. The predicted molar refractivity (Wildman–Crippen MR) is 59.7 cm³/mol. The molecule has 12 heavy (non-hydrogen) atoms. The van der Waals surface area contributed by atoms with Gasteiger partial charge in [-0.15, -0.1) is 0 Å². The first-order chi connectivity index (χ1) is 5.68. The summed E-state index contributed by atoms with van der Waals surface area (Å²) in [7, 11) is 0. The summed E-state index contributed by atoms with van der Waals surface area (Å²) in [5.41, 5.74) is 6.38. The van der Waals surface area contributed by atoms with Gasteiger partial charge in [-0.3, -0.25) is 0 Å². The molecule has 0 aromatic rings. The van der Waals surface area contributed by atoms with E-state index in [1.165, 1.54) is 31.4 Å². The SMILES string of the molecule is CCCCC(N)(CC)CCSC. The average Bonchev–Trinajstić information content (AvgIpc) is 2.11. The van der Waals surface area contributed by atoms with Crippen LogP contribution >= 0.6 is 11.8 Å². The first-order valence-electron chi connectivity index (χ1n) is 4.96. The number of hydrogen-bond acceptors (Lipinski definition) is 2. The highest BCUT2D eigenvalue weighted by Crippen LogP contribution is 2.21. The third-order valence-electron chi connectivity index (χ3n) is 2.54. The Morgan fingerprint density at radius 2 is 1.92 bits per heavy atom. The van der Waals surface area contributed by atoms with Gasteiger partial charge in [0, 0.05) is 5.54 Å². The third kappa shape index (κ3) is 5.04. The summed E-state index contributed by atoms with van der Waals surface area (Å²) in [6.07, 6.45) is 8.17. The molecule has 0 heterocycles. The van der Waals surface area contributed by atoms with Crippen LogP contribution in [0.1, 0.15) is 46.0 Å². The van der Waals surface area contributed by atoms with E-state index >= 15 is 0 Å². The van der Waals surface area contributed by atoms with E-state index in [0.29, 0.717) is 0 Å². The molecule has 0 saturated heterocycles. The summed E-state index contributed by atoms with van der Waals surface area (Å²) in [6.45, 7) is 4.43. The fourth-order valence-corrected chi connectivity index (χ4v) is 1.92. The van der Waals surface area contributed by atoms with Crippen LogP contribution in [-0.4, -0.2) is 17.5 Å². The Bertz CT molecular complexity index is 96.0. The highest BCUT2D eigenvalue weighted by atomic mass is 32.2. The average molecular weight is 189 g/mol. The maximum absolute atomic E-state index is 6.26. The van der Waals surface area contributed by atoms with E-state index in [9.17, 15) is 0 Å². The fraction of sp³-hybridized carbons (Fsp3) is 1.00. The first kappa shape index (κ1) is 12.3. The zero-order chi connectivity index (χ0) is 9.45. The third-order valence-corrected chi connectivity index (χ3v) is 3.15. The van der Waals surface area contributed by atoms with Crippen LogP contribution in [0, 0.1) is 0 Å². The topological polar surface area (TPSA) is 26.0 Å². The van der Waals surface area contributed by atoms with Crippen molar-refractivity contribution >= 4 is 11.8 Å². The van der Waals surface area contributed by atoms with Gasteiger partial charge in [-0.05, 0) is 31.3 Å². The van der Waals surface area contributed by atoms with Gasteiger partial charge in [0.05, 0.1) is 0 Å². The van der Waals surface area contributed by atoms with Crippen LogP contribution in [0.4, 0.5) is 0 Å². The molecule has 0 aromatic heterocycles. The zero-order valence-corrected chi connectivity index (χ0v) is 9.54. The van der Waals surface area contributed by atoms with E-state index in [-0.39, 0.29) is 5.54 Å². The summed E-state index contributed by atoms with van der Waals surface area (Å²) in [6, 6.07) is 0. The molecule has 0 bridgehead atoms. The normalized spacial score (nSPS) is 16.0. The predicted octanol–water partition coefficient (Wildman–Crippen LogP) is 3.04. The van der Waals surface area contributed by atoms with E-state index in [4.69, 9.17) is 5.73 Å². The van der Waals surface area contributed by atoms with Crippen LogP contribution in [0.25, 0.3) is 0 Å². The molecular weight excluding hydrogens is 166 g/mol. The Balaban J connectivity index is 3.70. The molecule has 0 radical (unpaired) electrons. The minimum absolute atomic E-state index is 0.124. The molecular formula is C10H23NS. The van der Waals surface area contributed by atoms with Gasteiger partial charge in [0.15, 0.2) is 0 Å². The minimum Gasteiger partial charge on any atom is -0.325 e. The number of nitrogens with two attached hydrogens (primary N) is 1. The van der Waals surface area contributed by atoms with Crippen LogP contribution < -0.4 is 5.73 Å². The van der Waals surface area contributed by atoms with Crippen LogP contribution in [0.2, 0.25) is 0 Å².